The summed E-state index contributed by atoms with van der Waals surface area (Å²) in [6, 6.07) is 12.9. The van der Waals surface area contributed by atoms with Crippen molar-refractivity contribution in [3.63, 3.8) is 0 Å². The molecule has 166 valence electrons. The molecule has 0 saturated heterocycles. The molecule has 0 spiro atoms. The van der Waals surface area contributed by atoms with Crippen molar-refractivity contribution >= 4 is 11.8 Å². The van der Waals surface area contributed by atoms with Gasteiger partial charge in [0.2, 0.25) is 0 Å². The molecule has 1 unspecified atom stereocenters. The molecule has 2 N–H and O–H groups in total. The van der Waals surface area contributed by atoms with Crippen molar-refractivity contribution in [2.45, 2.75) is 33.5 Å². The van der Waals surface area contributed by atoms with Gasteiger partial charge >= 0.3 is 0 Å². The van der Waals surface area contributed by atoms with Crippen LogP contribution in [0.2, 0.25) is 0 Å². The van der Waals surface area contributed by atoms with Gasteiger partial charge in [0.25, 0.3) is 11.8 Å². The minimum absolute atomic E-state index is 0.0467. The third-order valence-corrected chi connectivity index (χ3v) is 4.64. The van der Waals surface area contributed by atoms with E-state index in [0.717, 1.165) is 16.7 Å². The number of hydrogen-bond acceptors (Lipinski definition) is 5. The molecule has 1 heterocycles. The SMILES string of the molecule is Cc1cc(C(=O)NNC(=O)C(C)Oc2ccccc2F)cc(C)c1OCc1cccnc1. The lowest BCUT2D eigenvalue weighted by Crippen LogP contribution is -2.47. The first kappa shape index (κ1) is 22.7. The van der Waals surface area contributed by atoms with Crippen LogP contribution in [0, 0.1) is 19.7 Å². The van der Waals surface area contributed by atoms with E-state index in [0.29, 0.717) is 17.9 Å². The molecule has 0 saturated carbocycles. The van der Waals surface area contributed by atoms with Crippen molar-refractivity contribution in [3.05, 3.63) is 89.0 Å². The second-order valence-electron chi connectivity index (χ2n) is 7.22. The highest BCUT2D eigenvalue weighted by molar-refractivity contribution is 5.96. The number of hydrogen-bond donors (Lipinski definition) is 2. The van der Waals surface area contributed by atoms with Gasteiger partial charge in [-0.05, 0) is 62.2 Å². The van der Waals surface area contributed by atoms with Gasteiger partial charge in [-0.2, -0.15) is 0 Å². The molecule has 0 aliphatic heterocycles. The summed E-state index contributed by atoms with van der Waals surface area (Å²) in [5.41, 5.74) is 7.50. The van der Waals surface area contributed by atoms with E-state index in [-0.39, 0.29) is 5.75 Å². The average Bonchev–Trinajstić information content (AvgIpc) is 2.78. The quantitative estimate of drug-likeness (QED) is 0.551. The Bertz CT molecular complexity index is 1080. The minimum Gasteiger partial charge on any atom is -0.488 e. The molecule has 0 bridgehead atoms. The first-order chi connectivity index (χ1) is 15.3. The highest BCUT2D eigenvalue weighted by Crippen LogP contribution is 2.26. The predicted octanol–water partition coefficient (Wildman–Crippen LogP) is 3.65. The van der Waals surface area contributed by atoms with E-state index >= 15 is 0 Å². The number of carbonyl (C=O) groups is 2. The molecule has 0 fully saturated rings. The van der Waals surface area contributed by atoms with Gasteiger partial charge in [0, 0.05) is 23.5 Å². The molecule has 32 heavy (non-hydrogen) atoms. The van der Waals surface area contributed by atoms with Gasteiger partial charge in [-0.25, -0.2) is 4.39 Å². The van der Waals surface area contributed by atoms with Crippen LogP contribution in [0.25, 0.3) is 0 Å². The molecule has 1 atom stereocenters. The standard InChI is InChI=1S/C24H24FN3O4/c1-15-11-19(12-16(2)22(15)31-14-18-7-6-10-26-13-18)24(30)28-27-23(29)17(3)32-21-9-5-4-8-20(21)25/h4-13,17H,14H2,1-3H3,(H,27,29)(H,28,30). The van der Waals surface area contributed by atoms with Crippen molar-refractivity contribution in [1.29, 1.82) is 0 Å². The van der Waals surface area contributed by atoms with Gasteiger partial charge in [-0.3, -0.25) is 25.4 Å². The maximum absolute atomic E-state index is 13.7. The number of benzene rings is 2. The van der Waals surface area contributed by atoms with Crippen LogP contribution in [0.5, 0.6) is 11.5 Å². The first-order valence-corrected chi connectivity index (χ1v) is 9.99. The lowest BCUT2D eigenvalue weighted by Gasteiger charge is -2.16. The van der Waals surface area contributed by atoms with Crippen LogP contribution in [0.15, 0.2) is 60.9 Å². The Hall–Kier alpha value is -3.94. The van der Waals surface area contributed by atoms with E-state index in [4.69, 9.17) is 9.47 Å². The van der Waals surface area contributed by atoms with Gasteiger partial charge in [-0.15, -0.1) is 0 Å². The number of amides is 2. The topological polar surface area (TPSA) is 89.6 Å². The zero-order valence-electron chi connectivity index (χ0n) is 18.0. The molecule has 3 aromatic rings. The molecule has 1 aromatic heterocycles. The molecule has 7 nitrogen and oxygen atoms in total. The number of halogens is 1. The maximum Gasteiger partial charge on any atom is 0.279 e. The molecule has 2 amide bonds. The zero-order chi connectivity index (χ0) is 23.1. The number of rotatable bonds is 7. The third-order valence-electron chi connectivity index (χ3n) is 4.64. The number of nitrogens with one attached hydrogen (secondary N) is 2. The Morgan fingerprint density at radius 3 is 2.44 bits per heavy atom. The van der Waals surface area contributed by atoms with Crippen molar-refractivity contribution < 1.29 is 23.5 Å². The second-order valence-corrected chi connectivity index (χ2v) is 7.22. The fourth-order valence-electron chi connectivity index (χ4n) is 3.02. The largest absolute Gasteiger partial charge is 0.488 e. The average molecular weight is 437 g/mol. The molecular weight excluding hydrogens is 413 g/mol. The summed E-state index contributed by atoms with van der Waals surface area (Å²) in [7, 11) is 0. The summed E-state index contributed by atoms with van der Waals surface area (Å²) in [4.78, 5) is 28.8. The minimum atomic E-state index is -1.01. The molecule has 8 heteroatoms. The Morgan fingerprint density at radius 1 is 1.06 bits per heavy atom. The van der Waals surface area contributed by atoms with Gasteiger partial charge in [-0.1, -0.05) is 18.2 Å². The molecule has 2 aromatic carbocycles. The van der Waals surface area contributed by atoms with E-state index in [1.54, 1.807) is 30.6 Å². The Balaban J connectivity index is 1.57. The van der Waals surface area contributed by atoms with Crippen molar-refractivity contribution in [2.24, 2.45) is 0 Å². The van der Waals surface area contributed by atoms with E-state index in [9.17, 15) is 14.0 Å². The van der Waals surface area contributed by atoms with Gasteiger partial charge in [0.15, 0.2) is 17.7 Å². The molecule has 0 aliphatic carbocycles. The summed E-state index contributed by atoms with van der Waals surface area (Å²) < 4.78 is 24.9. The fraction of sp³-hybridized carbons (Fsp3) is 0.208. The van der Waals surface area contributed by atoms with Crippen molar-refractivity contribution in [1.82, 2.24) is 15.8 Å². The van der Waals surface area contributed by atoms with E-state index in [2.05, 4.69) is 15.8 Å². The number of para-hydroxylation sites is 1. The Morgan fingerprint density at radius 2 is 1.78 bits per heavy atom. The fourth-order valence-corrected chi connectivity index (χ4v) is 3.02. The summed E-state index contributed by atoms with van der Waals surface area (Å²) in [6.07, 6.45) is 2.41. The molecular formula is C24H24FN3O4. The number of carbonyl (C=O) groups excluding carboxylic acids is 2. The predicted molar refractivity (Wildman–Crippen MR) is 117 cm³/mol. The Kier molecular flexibility index (Phi) is 7.38. The van der Waals surface area contributed by atoms with Crippen molar-refractivity contribution in [3.8, 4) is 11.5 Å². The molecule has 0 radical (unpaired) electrons. The maximum atomic E-state index is 13.7. The summed E-state index contributed by atoms with van der Waals surface area (Å²) in [6.45, 7) is 5.49. The zero-order valence-corrected chi connectivity index (χ0v) is 18.0. The van der Waals surface area contributed by atoms with Crippen LogP contribution in [0.3, 0.4) is 0 Å². The number of hydrazine groups is 1. The van der Waals surface area contributed by atoms with Crippen LogP contribution in [0.4, 0.5) is 4.39 Å². The monoisotopic (exact) mass is 437 g/mol. The van der Waals surface area contributed by atoms with E-state index in [1.807, 2.05) is 26.0 Å². The third kappa shape index (κ3) is 5.81. The van der Waals surface area contributed by atoms with E-state index in [1.165, 1.54) is 25.1 Å². The smallest absolute Gasteiger partial charge is 0.279 e. The van der Waals surface area contributed by atoms with Gasteiger partial charge in [0.1, 0.15) is 12.4 Å². The van der Waals surface area contributed by atoms with Crippen LogP contribution in [-0.4, -0.2) is 22.9 Å². The summed E-state index contributed by atoms with van der Waals surface area (Å²) in [5, 5.41) is 0. The number of nitrogens with zero attached hydrogens (tertiary/aromatic N) is 1. The van der Waals surface area contributed by atoms with E-state index < -0.39 is 23.7 Å². The van der Waals surface area contributed by atoms with Gasteiger partial charge in [0.05, 0.1) is 0 Å². The number of pyridine rings is 1. The Labute approximate surface area is 185 Å². The van der Waals surface area contributed by atoms with Crippen LogP contribution < -0.4 is 20.3 Å². The highest BCUT2D eigenvalue weighted by Gasteiger charge is 2.18. The van der Waals surface area contributed by atoms with Crippen LogP contribution in [0.1, 0.15) is 34.0 Å². The number of aryl methyl sites for hydroxylation is 2. The van der Waals surface area contributed by atoms with Crippen LogP contribution in [-0.2, 0) is 11.4 Å². The van der Waals surface area contributed by atoms with Crippen molar-refractivity contribution in [2.75, 3.05) is 0 Å². The van der Waals surface area contributed by atoms with Gasteiger partial charge < -0.3 is 9.47 Å². The lowest BCUT2D eigenvalue weighted by atomic mass is 10.1. The van der Waals surface area contributed by atoms with Crippen LogP contribution >= 0.6 is 0 Å². The summed E-state index contributed by atoms with van der Waals surface area (Å²) >= 11 is 0. The molecule has 3 rings (SSSR count). The lowest BCUT2D eigenvalue weighted by molar-refractivity contribution is -0.128. The highest BCUT2D eigenvalue weighted by atomic mass is 19.1. The first-order valence-electron chi connectivity index (χ1n) is 9.99. The summed E-state index contributed by atoms with van der Waals surface area (Å²) in [5.74, 6) is -1.06. The normalized spacial score (nSPS) is 11.4. The molecule has 0 aliphatic rings. The number of aromatic nitrogens is 1. The number of ether oxygens (including phenoxy) is 2. The second kappa shape index (κ2) is 10.4.